The molecule has 1 unspecified atom stereocenters. The Morgan fingerprint density at radius 3 is 3.00 bits per heavy atom. The molecule has 0 radical (unpaired) electrons. The van der Waals surface area contributed by atoms with Crippen LogP contribution < -0.4 is 5.32 Å². The average Bonchev–Trinajstić information content (AvgIpc) is 2.91. The molecule has 2 aromatic rings. The zero-order valence-electron chi connectivity index (χ0n) is 12.2. The molecule has 2 nitrogen and oxygen atoms in total. The number of nitrogens with one attached hydrogen (secondary N) is 1. The third-order valence-corrected chi connectivity index (χ3v) is 4.57. The molecule has 1 aliphatic rings. The normalized spacial score (nSPS) is 15.6. The van der Waals surface area contributed by atoms with Gasteiger partial charge in [0.25, 0.3) is 0 Å². The van der Waals surface area contributed by atoms with Crippen LogP contribution in [0.15, 0.2) is 18.2 Å². The Labute approximate surface area is 125 Å². The summed E-state index contributed by atoms with van der Waals surface area (Å²) in [5.41, 5.74) is 5.23. The van der Waals surface area contributed by atoms with E-state index in [0.29, 0.717) is 6.04 Å². The first-order valence-electron chi connectivity index (χ1n) is 7.52. The van der Waals surface area contributed by atoms with E-state index in [0.717, 1.165) is 36.3 Å². The highest BCUT2D eigenvalue weighted by atomic mass is 35.5. The third kappa shape index (κ3) is 2.55. The number of halogens is 1. The first-order valence-corrected chi connectivity index (χ1v) is 7.90. The number of nitrogens with zero attached hydrogens (tertiary/aromatic N) is 1. The molecule has 1 N–H and O–H groups in total. The van der Waals surface area contributed by atoms with Gasteiger partial charge in [0.15, 0.2) is 0 Å². The second kappa shape index (κ2) is 5.71. The summed E-state index contributed by atoms with van der Waals surface area (Å²) in [7, 11) is 0. The minimum Gasteiger partial charge on any atom is -0.310 e. The maximum atomic E-state index is 6.18. The van der Waals surface area contributed by atoms with Crippen LogP contribution in [-0.2, 0) is 19.4 Å². The maximum Gasteiger partial charge on any atom is 0.0709 e. The predicted molar refractivity (Wildman–Crippen MR) is 85.4 cm³/mol. The van der Waals surface area contributed by atoms with Crippen LogP contribution in [0.3, 0.4) is 0 Å². The van der Waals surface area contributed by atoms with Crippen LogP contribution in [0.1, 0.15) is 43.5 Å². The highest BCUT2D eigenvalue weighted by molar-refractivity contribution is 6.31. The highest BCUT2D eigenvalue weighted by Gasteiger charge is 2.19. The number of hydrogen-bond donors (Lipinski definition) is 1. The Kier molecular flexibility index (Phi) is 3.95. The molecule has 0 aliphatic heterocycles. The molecule has 1 aromatic carbocycles. The SMILES string of the molecule is CCC(C)NCc1c2c(nc3ccc(Cl)cc13)CCC2. The van der Waals surface area contributed by atoms with Gasteiger partial charge >= 0.3 is 0 Å². The summed E-state index contributed by atoms with van der Waals surface area (Å²) in [5, 5.41) is 5.63. The summed E-state index contributed by atoms with van der Waals surface area (Å²) in [5.74, 6) is 0. The van der Waals surface area contributed by atoms with Crippen molar-refractivity contribution >= 4 is 22.5 Å². The molecule has 0 spiro atoms. The monoisotopic (exact) mass is 288 g/mol. The zero-order chi connectivity index (χ0) is 14.1. The zero-order valence-corrected chi connectivity index (χ0v) is 12.9. The lowest BCUT2D eigenvalue weighted by Crippen LogP contribution is -2.25. The molecule has 1 heterocycles. The predicted octanol–water partition coefficient (Wildman–Crippen LogP) is 4.27. The smallest absolute Gasteiger partial charge is 0.0709 e. The van der Waals surface area contributed by atoms with E-state index >= 15 is 0 Å². The van der Waals surface area contributed by atoms with E-state index in [9.17, 15) is 0 Å². The van der Waals surface area contributed by atoms with E-state index in [2.05, 4.69) is 25.2 Å². The van der Waals surface area contributed by atoms with Gasteiger partial charge in [-0.15, -0.1) is 0 Å². The summed E-state index contributed by atoms with van der Waals surface area (Å²) in [6.07, 6.45) is 4.64. The lowest BCUT2D eigenvalue weighted by molar-refractivity contribution is 0.534. The van der Waals surface area contributed by atoms with Crippen LogP contribution in [0.4, 0.5) is 0 Å². The molecule has 3 rings (SSSR count). The number of rotatable bonds is 4. The number of aryl methyl sites for hydroxylation is 1. The van der Waals surface area contributed by atoms with Gasteiger partial charge in [0.1, 0.15) is 0 Å². The molecule has 3 heteroatoms. The van der Waals surface area contributed by atoms with E-state index in [1.165, 1.54) is 28.6 Å². The van der Waals surface area contributed by atoms with Crippen molar-refractivity contribution in [3.8, 4) is 0 Å². The lowest BCUT2D eigenvalue weighted by atomic mass is 10.0. The molecule has 106 valence electrons. The van der Waals surface area contributed by atoms with Gasteiger partial charge in [0.2, 0.25) is 0 Å². The molecule has 1 aromatic heterocycles. The summed E-state index contributed by atoms with van der Waals surface area (Å²) in [6.45, 7) is 5.36. The fraction of sp³-hybridized carbons (Fsp3) is 0.471. The largest absolute Gasteiger partial charge is 0.310 e. The fourth-order valence-corrected chi connectivity index (χ4v) is 3.13. The summed E-state index contributed by atoms with van der Waals surface area (Å²) in [6, 6.07) is 6.58. The molecular weight excluding hydrogens is 268 g/mol. The van der Waals surface area contributed by atoms with Crippen LogP contribution in [0, 0.1) is 0 Å². The van der Waals surface area contributed by atoms with E-state index in [4.69, 9.17) is 16.6 Å². The number of benzene rings is 1. The first kappa shape index (κ1) is 13.8. The van der Waals surface area contributed by atoms with Crippen LogP contribution in [-0.4, -0.2) is 11.0 Å². The number of aromatic nitrogens is 1. The van der Waals surface area contributed by atoms with Gasteiger partial charge in [-0.1, -0.05) is 18.5 Å². The molecule has 1 aliphatic carbocycles. The van der Waals surface area contributed by atoms with Gasteiger partial charge in [-0.2, -0.15) is 0 Å². The van der Waals surface area contributed by atoms with Gasteiger partial charge < -0.3 is 5.32 Å². The average molecular weight is 289 g/mol. The van der Waals surface area contributed by atoms with Crippen LogP contribution in [0.5, 0.6) is 0 Å². The van der Waals surface area contributed by atoms with Gasteiger partial charge in [-0.25, -0.2) is 0 Å². The van der Waals surface area contributed by atoms with Crippen molar-refractivity contribution in [3.05, 3.63) is 40.0 Å². The van der Waals surface area contributed by atoms with E-state index in [1.807, 2.05) is 12.1 Å². The standard InChI is InChI=1S/C17H21ClN2/c1-3-11(2)19-10-15-13-5-4-6-16(13)20-17-8-7-12(18)9-14(15)17/h7-9,11,19H,3-6,10H2,1-2H3. The van der Waals surface area contributed by atoms with Crippen molar-refractivity contribution < 1.29 is 0 Å². The second-order valence-corrected chi connectivity index (χ2v) is 6.16. The van der Waals surface area contributed by atoms with Crippen molar-refractivity contribution in [2.75, 3.05) is 0 Å². The van der Waals surface area contributed by atoms with E-state index in [-0.39, 0.29) is 0 Å². The van der Waals surface area contributed by atoms with Gasteiger partial charge in [-0.05, 0) is 61.9 Å². The molecular formula is C17H21ClN2. The van der Waals surface area contributed by atoms with Gasteiger partial charge in [-0.3, -0.25) is 4.98 Å². The second-order valence-electron chi connectivity index (χ2n) is 5.72. The third-order valence-electron chi connectivity index (χ3n) is 4.33. The van der Waals surface area contributed by atoms with Crippen LogP contribution >= 0.6 is 11.6 Å². The van der Waals surface area contributed by atoms with Gasteiger partial charge in [0.05, 0.1) is 5.52 Å². The number of pyridine rings is 1. The molecule has 0 saturated heterocycles. The Morgan fingerprint density at radius 1 is 1.35 bits per heavy atom. The topological polar surface area (TPSA) is 24.9 Å². The van der Waals surface area contributed by atoms with Gasteiger partial charge in [0, 0.05) is 28.7 Å². The minimum atomic E-state index is 0.537. The van der Waals surface area contributed by atoms with Crippen LogP contribution in [0.25, 0.3) is 10.9 Å². The Morgan fingerprint density at radius 2 is 2.20 bits per heavy atom. The van der Waals surface area contributed by atoms with E-state index < -0.39 is 0 Å². The molecule has 20 heavy (non-hydrogen) atoms. The molecule has 1 atom stereocenters. The molecule has 0 bridgehead atoms. The quantitative estimate of drug-likeness (QED) is 0.909. The van der Waals surface area contributed by atoms with Crippen LogP contribution in [0.2, 0.25) is 5.02 Å². The maximum absolute atomic E-state index is 6.18. The van der Waals surface area contributed by atoms with Crippen molar-refractivity contribution in [2.24, 2.45) is 0 Å². The van der Waals surface area contributed by atoms with Crippen molar-refractivity contribution in [2.45, 2.75) is 52.1 Å². The van der Waals surface area contributed by atoms with E-state index in [1.54, 1.807) is 0 Å². The number of fused-ring (bicyclic) bond motifs is 2. The first-order chi connectivity index (χ1) is 9.69. The summed E-state index contributed by atoms with van der Waals surface area (Å²) in [4.78, 5) is 4.82. The Balaban J connectivity index is 2.08. The summed E-state index contributed by atoms with van der Waals surface area (Å²) >= 11 is 6.18. The van der Waals surface area contributed by atoms with Crippen molar-refractivity contribution in [1.29, 1.82) is 0 Å². The summed E-state index contributed by atoms with van der Waals surface area (Å²) < 4.78 is 0. The minimum absolute atomic E-state index is 0.537. The Hall–Kier alpha value is -1.12. The lowest BCUT2D eigenvalue weighted by Gasteiger charge is -2.16. The van der Waals surface area contributed by atoms with Crippen molar-refractivity contribution in [1.82, 2.24) is 10.3 Å². The molecule has 0 amide bonds. The van der Waals surface area contributed by atoms with Crippen molar-refractivity contribution in [3.63, 3.8) is 0 Å². The number of hydrogen-bond acceptors (Lipinski definition) is 2. The molecule has 0 fully saturated rings. The molecule has 0 saturated carbocycles. The fourth-order valence-electron chi connectivity index (χ4n) is 2.95. The highest BCUT2D eigenvalue weighted by Crippen LogP contribution is 2.31. The Bertz CT molecular complexity index is 636.